The molecule has 7 nitrogen and oxygen atoms in total. The van der Waals surface area contributed by atoms with Gasteiger partial charge < -0.3 is 5.32 Å². The van der Waals surface area contributed by atoms with Crippen LogP contribution in [0.2, 0.25) is 0 Å². The van der Waals surface area contributed by atoms with Crippen molar-refractivity contribution in [1.82, 2.24) is 4.31 Å². The van der Waals surface area contributed by atoms with E-state index in [1.807, 2.05) is 0 Å². The average Bonchev–Trinajstić information content (AvgIpc) is 2.63. The molecular weight excluding hydrogens is 373 g/mol. The van der Waals surface area contributed by atoms with E-state index in [1.165, 1.54) is 28.6 Å². The first kappa shape index (κ1) is 20.8. The van der Waals surface area contributed by atoms with E-state index in [4.69, 9.17) is 0 Å². The molecule has 9 heteroatoms. The van der Waals surface area contributed by atoms with Gasteiger partial charge in [-0.15, -0.1) is 0 Å². The molecule has 0 fully saturated rings. The number of nitrogens with zero attached hydrogens (tertiary/aromatic N) is 2. The fourth-order valence-corrected chi connectivity index (χ4v) is 4.20. The van der Waals surface area contributed by atoms with Gasteiger partial charge >= 0.3 is 0 Å². The van der Waals surface area contributed by atoms with Crippen molar-refractivity contribution < 1.29 is 17.7 Å². The van der Waals surface area contributed by atoms with Crippen LogP contribution in [-0.2, 0) is 10.0 Å². The Morgan fingerprint density at radius 2 is 1.74 bits per heavy atom. The van der Waals surface area contributed by atoms with Gasteiger partial charge in [0.1, 0.15) is 11.5 Å². The molecule has 0 amide bonds. The van der Waals surface area contributed by atoms with Gasteiger partial charge in [0.25, 0.3) is 5.69 Å². The predicted octanol–water partition coefficient (Wildman–Crippen LogP) is 3.94. The highest BCUT2D eigenvalue weighted by Crippen LogP contribution is 2.31. The Morgan fingerprint density at radius 1 is 1.15 bits per heavy atom. The van der Waals surface area contributed by atoms with Crippen molar-refractivity contribution in [2.75, 3.05) is 18.4 Å². The van der Waals surface area contributed by atoms with Crippen LogP contribution in [0.25, 0.3) is 0 Å². The van der Waals surface area contributed by atoms with Crippen molar-refractivity contribution in [1.29, 1.82) is 0 Å². The molecule has 2 aromatic carbocycles. The fraction of sp³-hybridized carbons (Fsp3) is 0.333. The van der Waals surface area contributed by atoms with Gasteiger partial charge in [-0.25, -0.2) is 12.8 Å². The Morgan fingerprint density at radius 3 is 2.26 bits per heavy atom. The molecule has 1 atom stereocenters. The van der Waals surface area contributed by atoms with E-state index in [2.05, 4.69) is 5.32 Å². The van der Waals surface area contributed by atoms with E-state index in [9.17, 15) is 22.9 Å². The first-order chi connectivity index (χ1) is 12.7. The molecule has 0 aliphatic carbocycles. The monoisotopic (exact) mass is 395 g/mol. The summed E-state index contributed by atoms with van der Waals surface area (Å²) < 4.78 is 39.5. The normalized spacial score (nSPS) is 12.8. The second kappa shape index (κ2) is 8.45. The van der Waals surface area contributed by atoms with Gasteiger partial charge in [-0.3, -0.25) is 10.1 Å². The number of nitro benzene ring substituents is 1. The molecule has 0 aliphatic heterocycles. The molecule has 1 N–H and O–H groups in total. The number of anilines is 1. The second-order valence-corrected chi connectivity index (χ2v) is 7.88. The predicted molar refractivity (Wildman–Crippen MR) is 102 cm³/mol. The molecule has 2 aromatic rings. The first-order valence-corrected chi connectivity index (χ1v) is 9.95. The van der Waals surface area contributed by atoms with Crippen LogP contribution in [0, 0.1) is 15.9 Å². The molecule has 146 valence electrons. The molecule has 0 radical (unpaired) electrons. The highest BCUT2D eigenvalue weighted by molar-refractivity contribution is 7.89. The van der Waals surface area contributed by atoms with Gasteiger partial charge in [0, 0.05) is 25.2 Å². The largest absolute Gasteiger partial charge is 0.373 e. The smallest absolute Gasteiger partial charge is 0.293 e. The van der Waals surface area contributed by atoms with E-state index in [-0.39, 0.29) is 41.2 Å². The summed E-state index contributed by atoms with van der Waals surface area (Å²) in [6.07, 6.45) is 0. The average molecular weight is 395 g/mol. The molecule has 0 aromatic heterocycles. The second-order valence-electron chi connectivity index (χ2n) is 5.94. The molecular formula is C18H22FN3O4S. The third-order valence-corrected chi connectivity index (χ3v) is 6.30. The summed E-state index contributed by atoms with van der Waals surface area (Å²) in [5, 5.41) is 14.5. The van der Waals surface area contributed by atoms with Crippen LogP contribution < -0.4 is 5.32 Å². The van der Waals surface area contributed by atoms with Crippen LogP contribution in [0.15, 0.2) is 47.4 Å². The third kappa shape index (κ3) is 4.61. The van der Waals surface area contributed by atoms with Crippen molar-refractivity contribution in [2.24, 2.45) is 0 Å². The Bertz CT molecular complexity index is 913. The topological polar surface area (TPSA) is 92.6 Å². The lowest BCUT2D eigenvalue weighted by atomic mass is 10.1. The summed E-state index contributed by atoms with van der Waals surface area (Å²) in [5.41, 5.74) is 0.595. The molecule has 0 heterocycles. The number of nitrogens with one attached hydrogen (secondary N) is 1. The van der Waals surface area contributed by atoms with Crippen molar-refractivity contribution in [3.8, 4) is 0 Å². The summed E-state index contributed by atoms with van der Waals surface area (Å²) in [6, 6.07) is 9.23. The lowest BCUT2D eigenvalue weighted by Gasteiger charge is -2.19. The zero-order valence-electron chi connectivity index (χ0n) is 15.3. The summed E-state index contributed by atoms with van der Waals surface area (Å²) in [5.74, 6) is -0.372. The quantitative estimate of drug-likeness (QED) is 0.540. The van der Waals surface area contributed by atoms with Crippen LogP contribution in [0.1, 0.15) is 32.4 Å². The lowest BCUT2D eigenvalue weighted by molar-refractivity contribution is -0.384. The molecule has 0 unspecified atom stereocenters. The molecule has 0 bridgehead atoms. The zero-order chi connectivity index (χ0) is 20.2. The van der Waals surface area contributed by atoms with Crippen LogP contribution >= 0.6 is 0 Å². The molecule has 0 saturated carbocycles. The maximum atomic E-state index is 13.1. The van der Waals surface area contributed by atoms with Gasteiger partial charge in [-0.1, -0.05) is 26.0 Å². The highest BCUT2D eigenvalue weighted by atomic mass is 32.2. The highest BCUT2D eigenvalue weighted by Gasteiger charge is 2.26. The van der Waals surface area contributed by atoms with Crippen LogP contribution in [0.4, 0.5) is 15.8 Å². The van der Waals surface area contributed by atoms with E-state index in [0.717, 1.165) is 11.6 Å². The zero-order valence-corrected chi connectivity index (χ0v) is 16.2. The minimum Gasteiger partial charge on any atom is -0.373 e. The number of halogens is 1. The Labute approximate surface area is 158 Å². The number of hydrogen-bond donors (Lipinski definition) is 1. The Kier molecular flexibility index (Phi) is 6.50. The van der Waals surface area contributed by atoms with Gasteiger partial charge in [-0.05, 0) is 36.8 Å². The SMILES string of the molecule is CCN(CC)S(=O)(=O)c1ccc(N[C@@H](C)c2ccc(F)cc2)c([N+](=O)[O-])c1. The summed E-state index contributed by atoms with van der Waals surface area (Å²) in [6.45, 7) is 5.73. The van der Waals surface area contributed by atoms with Crippen molar-refractivity contribution in [3.05, 3.63) is 64.0 Å². The van der Waals surface area contributed by atoms with Crippen molar-refractivity contribution in [3.63, 3.8) is 0 Å². The van der Waals surface area contributed by atoms with Crippen LogP contribution in [0.5, 0.6) is 0 Å². The van der Waals surface area contributed by atoms with E-state index < -0.39 is 14.9 Å². The van der Waals surface area contributed by atoms with E-state index in [1.54, 1.807) is 32.9 Å². The molecule has 0 saturated heterocycles. The minimum atomic E-state index is -3.80. The number of hydrogen-bond acceptors (Lipinski definition) is 5. The molecule has 2 rings (SSSR count). The standard InChI is InChI=1S/C18H22FN3O4S/c1-4-21(5-2)27(25,26)16-10-11-17(18(12-16)22(23)24)20-13(3)14-6-8-15(19)9-7-14/h6-13,20H,4-5H2,1-3H3/t13-/m0/s1. The minimum absolute atomic E-state index is 0.127. The number of rotatable bonds is 8. The number of sulfonamides is 1. The maximum Gasteiger partial charge on any atom is 0.293 e. The van der Waals surface area contributed by atoms with Crippen molar-refractivity contribution in [2.45, 2.75) is 31.7 Å². The van der Waals surface area contributed by atoms with Gasteiger partial charge in [0.15, 0.2) is 0 Å². The fourth-order valence-electron chi connectivity index (χ4n) is 2.73. The molecule has 0 aliphatic rings. The third-order valence-electron chi connectivity index (χ3n) is 4.25. The number of benzene rings is 2. The van der Waals surface area contributed by atoms with Crippen LogP contribution in [-0.4, -0.2) is 30.7 Å². The Balaban J connectivity index is 2.38. The summed E-state index contributed by atoms with van der Waals surface area (Å²) in [4.78, 5) is 10.7. The molecule has 27 heavy (non-hydrogen) atoms. The Hall–Kier alpha value is -2.52. The molecule has 0 spiro atoms. The number of nitro groups is 1. The maximum absolute atomic E-state index is 13.1. The summed E-state index contributed by atoms with van der Waals surface area (Å²) in [7, 11) is -3.80. The summed E-state index contributed by atoms with van der Waals surface area (Å²) >= 11 is 0. The van der Waals surface area contributed by atoms with E-state index in [0.29, 0.717) is 0 Å². The lowest BCUT2D eigenvalue weighted by Crippen LogP contribution is -2.30. The van der Waals surface area contributed by atoms with Gasteiger partial charge in [-0.2, -0.15) is 4.31 Å². The van der Waals surface area contributed by atoms with Gasteiger partial charge in [0.2, 0.25) is 10.0 Å². The first-order valence-electron chi connectivity index (χ1n) is 8.51. The van der Waals surface area contributed by atoms with Gasteiger partial charge in [0.05, 0.1) is 9.82 Å². The van der Waals surface area contributed by atoms with Crippen molar-refractivity contribution >= 4 is 21.4 Å². The van der Waals surface area contributed by atoms with Crippen LogP contribution in [0.3, 0.4) is 0 Å². The van der Waals surface area contributed by atoms with E-state index >= 15 is 0 Å².